The molecular weight excluding hydrogens is 306 g/mol. The van der Waals surface area contributed by atoms with Gasteiger partial charge in [-0.15, -0.1) is 0 Å². The van der Waals surface area contributed by atoms with Crippen molar-refractivity contribution in [2.45, 2.75) is 45.0 Å². The lowest BCUT2D eigenvalue weighted by Crippen LogP contribution is -2.45. The number of hydrogen-bond donors (Lipinski definition) is 2. The summed E-state index contributed by atoms with van der Waals surface area (Å²) in [5.41, 5.74) is 2.19. The summed E-state index contributed by atoms with van der Waals surface area (Å²) >= 11 is 0. The highest BCUT2D eigenvalue weighted by Crippen LogP contribution is 2.15. The largest absolute Gasteiger partial charge is 0.376 e. The highest BCUT2D eigenvalue weighted by Gasteiger charge is 2.23. The van der Waals surface area contributed by atoms with Crippen LogP contribution in [0.1, 0.15) is 30.9 Å². The SMILES string of the molecule is C[C@@H](NC(=O)NCc1ccc(Cn2cncn2)cc1)[C@H]1CCCO1. The quantitative estimate of drug-likeness (QED) is 0.845. The molecule has 2 atom stereocenters. The van der Waals surface area contributed by atoms with Crippen LogP contribution in [-0.4, -0.2) is 39.5 Å². The predicted octanol–water partition coefficient (Wildman–Crippen LogP) is 1.69. The van der Waals surface area contributed by atoms with Crippen molar-refractivity contribution < 1.29 is 9.53 Å². The lowest BCUT2D eigenvalue weighted by molar-refractivity contribution is 0.0860. The number of carbonyl (C=O) groups is 1. The third kappa shape index (κ3) is 4.55. The number of rotatable bonds is 6. The van der Waals surface area contributed by atoms with Gasteiger partial charge in [-0.3, -0.25) is 0 Å². The van der Waals surface area contributed by atoms with E-state index in [-0.39, 0.29) is 18.2 Å². The van der Waals surface area contributed by atoms with Gasteiger partial charge in [-0.1, -0.05) is 24.3 Å². The van der Waals surface area contributed by atoms with Crippen molar-refractivity contribution in [3.8, 4) is 0 Å². The first-order valence-electron chi connectivity index (χ1n) is 8.27. The molecule has 2 N–H and O–H groups in total. The molecule has 24 heavy (non-hydrogen) atoms. The van der Waals surface area contributed by atoms with E-state index < -0.39 is 0 Å². The van der Waals surface area contributed by atoms with Crippen molar-refractivity contribution in [1.29, 1.82) is 0 Å². The average Bonchev–Trinajstić information content (AvgIpc) is 3.28. The summed E-state index contributed by atoms with van der Waals surface area (Å²) in [5.74, 6) is 0. The average molecular weight is 329 g/mol. The molecule has 0 unspecified atom stereocenters. The molecule has 0 spiro atoms. The number of aromatic nitrogens is 3. The third-order valence-corrected chi connectivity index (χ3v) is 4.17. The highest BCUT2D eigenvalue weighted by atomic mass is 16.5. The molecule has 0 radical (unpaired) electrons. The van der Waals surface area contributed by atoms with Gasteiger partial charge in [0, 0.05) is 13.2 Å². The first kappa shape index (κ1) is 16.4. The number of hydrogen-bond acceptors (Lipinski definition) is 4. The van der Waals surface area contributed by atoms with Gasteiger partial charge in [0.1, 0.15) is 12.7 Å². The van der Waals surface area contributed by atoms with E-state index in [0.29, 0.717) is 13.1 Å². The second-order valence-corrected chi connectivity index (χ2v) is 6.08. The van der Waals surface area contributed by atoms with E-state index >= 15 is 0 Å². The van der Waals surface area contributed by atoms with Crippen LogP contribution in [0.25, 0.3) is 0 Å². The molecule has 0 saturated carbocycles. The molecule has 7 nitrogen and oxygen atoms in total. The van der Waals surface area contributed by atoms with Crippen LogP contribution >= 0.6 is 0 Å². The number of nitrogens with one attached hydrogen (secondary N) is 2. The number of urea groups is 1. The zero-order valence-corrected chi connectivity index (χ0v) is 13.8. The molecule has 2 amide bonds. The predicted molar refractivity (Wildman–Crippen MR) is 89.4 cm³/mol. The first-order valence-corrected chi connectivity index (χ1v) is 8.27. The summed E-state index contributed by atoms with van der Waals surface area (Å²) in [6.07, 6.45) is 5.42. The molecule has 1 aliphatic heterocycles. The summed E-state index contributed by atoms with van der Waals surface area (Å²) in [7, 11) is 0. The minimum atomic E-state index is -0.162. The molecule has 2 heterocycles. The first-order chi connectivity index (χ1) is 11.7. The molecule has 1 aliphatic rings. The Morgan fingerprint density at radius 1 is 1.38 bits per heavy atom. The van der Waals surface area contributed by atoms with E-state index in [1.807, 2.05) is 31.2 Å². The number of nitrogens with zero attached hydrogens (tertiary/aromatic N) is 3. The smallest absolute Gasteiger partial charge is 0.315 e. The van der Waals surface area contributed by atoms with E-state index in [0.717, 1.165) is 30.6 Å². The summed E-state index contributed by atoms with van der Waals surface area (Å²) in [4.78, 5) is 15.9. The maximum atomic E-state index is 12.0. The summed E-state index contributed by atoms with van der Waals surface area (Å²) in [5, 5.41) is 9.91. The van der Waals surface area contributed by atoms with Gasteiger partial charge in [0.15, 0.2) is 0 Å². The van der Waals surface area contributed by atoms with Crippen molar-refractivity contribution in [2.24, 2.45) is 0 Å². The van der Waals surface area contributed by atoms with Crippen LogP contribution in [0.15, 0.2) is 36.9 Å². The van der Waals surface area contributed by atoms with Crippen molar-refractivity contribution in [3.05, 3.63) is 48.0 Å². The Morgan fingerprint density at radius 2 is 2.17 bits per heavy atom. The van der Waals surface area contributed by atoms with Gasteiger partial charge in [0.25, 0.3) is 0 Å². The number of carbonyl (C=O) groups excluding carboxylic acids is 1. The summed E-state index contributed by atoms with van der Waals surface area (Å²) < 4.78 is 7.35. The fraction of sp³-hybridized carbons (Fsp3) is 0.471. The summed E-state index contributed by atoms with van der Waals surface area (Å²) in [6, 6.07) is 7.95. The van der Waals surface area contributed by atoms with Crippen molar-refractivity contribution in [1.82, 2.24) is 25.4 Å². The number of ether oxygens (including phenoxy) is 1. The van der Waals surface area contributed by atoms with Crippen LogP contribution in [-0.2, 0) is 17.8 Å². The minimum absolute atomic E-state index is 0.0255. The Hall–Kier alpha value is -2.41. The van der Waals surface area contributed by atoms with E-state index in [1.165, 1.54) is 6.33 Å². The van der Waals surface area contributed by atoms with Gasteiger partial charge in [-0.2, -0.15) is 5.10 Å². The topological polar surface area (TPSA) is 81.1 Å². The molecule has 2 aromatic rings. The molecular formula is C17H23N5O2. The molecule has 0 aliphatic carbocycles. The standard InChI is InChI=1S/C17H23N5O2/c1-13(16-3-2-8-24-16)21-17(23)19-9-14-4-6-15(7-5-14)10-22-12-18-11-20-22/h4-7,11-13,16H,2-3,8-10H2,1H3,(H2,19,21,23)/t13-,16-/m1/s1. The normalized spacial score (nSPS) is 18.3. The molecule has 1 fully saturated rings. The number of amides is 2. The fourth-order valence-electron chi connectivity index (χ4n) is 2.79. The Kier molecular flexibility index (Phi) is 5.43. The molecule has 1 aromatic carbocycles. The van der Waals surface area contributed by atoms with Crippen molar-refractivity contribution in [2.75, 3.05) is 6.61 Å². The third-order valence-electron chi connectivity index (χ3n) is 4.17. The Balaban J connectivity index is 1.43. The van der Waals surface area contributed by atoms with E-state index in [9.17, 15) is 4.79 Å². The summed E-state index contributed by atoms with van der Waals surface area (Å²) in [6.45, 7) is 3.95. The number of benzene rings is 1. The lowest BCUT2D eigenvalue weighted by Gasteiger charge is -2.20. The van der Waals surface area contributed by atoms with Gasteiger partial charge < -0.3 is 15.4 Å². The Labute approximate surface area is 141 Å². The molecule has 0 bridgehead atoms. The van der Waals surface area contributed by atoms with Crippen LogP contribution < -0.4 is 10.6 Å². The Bertz CT molecular complexity index is 636. The van der Waals surface area contributed by atoms with Gasteiger partial charge >= 0.3 is 6.03 Å². The van der Waals surface area contributed by atoms with E-state index in [1.54, 1.807) is 11.0 Å². The maximum absolute atomic E-state index is 12.0. The monoisotopic (exact) mass is 329 g/mol. The zero-order valence-electron chi connectivity index (χ0n) is 13.8. The van der Waals surface area contributed by atoms with Crippen LogP contribution in [0, 0.1) is 0 Å². The molecule has 3 rings (SSSR count). The van der Waals surface area contributed by atoms with Crippen LogP contribution in [0.4, 0.5) is 4.79 Å². The Morgan fingerprint density at radius 3 is 2.83 bits per heavy atom. The second-order valence-electron chi connectivity index (χ2n) is 6.08. The van der Waals surface area contributed by atoms with Gasteiger partial charge in [0.2, 0.25) is 0 Å². The highest BCUT2D eigenvalue weighted by molar-refractivity contribution is 5.74. The molecule has 1 saturated heterocycles. The van der Waals surface area contributed by atoms with Crippen LogP contribution in [0.2, 0.25) is 0 Å². The van der Waals surface area contributed by atoms with Gasteiger partial charge in [-0.05, 0) is 30.9 Å². The van der Waals surface area contributed by atoms with E-state index in [2.05, 4.69) is 20.7 Å². The van der Waals surface area contributed by atoms with Crippen molar-refractivity contribution in [3.63, 3.8) is 0 Å². The lowest BCUT2D eigenvalue weighted by atomic mass is 10.1. The maximum Gasteiger partial charge on any atom is 0.315 e. The molecule has 7 heteroatoms. The van der Waals surface area contributed by atoms with Gasteiger partial charge in [0.05, 0.1) is 18.7 Å². The van der Waals surface area contributed by atoms with Crippen LogP contribution in [0.3, 0.4) is 0 Å². The van der Waals surface area contributed by atoms with E-state index in [4.69, 9.17) is 4.74 Å². The molecule has 1 aromatic heterocycles. The molecule has 128 valence electrons. The minimum Gasteiger partial charge on any atom is -0.376 e. The van der Waals surface area contributed by atoms with Crippen molar-refractivity contribution >= 4 is 6.03 Å². The fourth-order valence-corrected chi connectivity index (χ4v) is 2.79. The second kappa shape index (κ2) is 7.92. The van der Waals surface area contributed by atoms with Gasteiger partial charge in [-0.25, -0.2) is 14.5 Å². The zero-order chi connectivity index (χ0) is 16.8. The van der Waals surface area contributed by atoms with Crippen LogP contribution in [0.5, 0.6) is 0 Å².